The van der Waals surface area contributed by atoms with Gasteiger partial charge in [0.2, 0.25) is 0 Å². The second-order valence-corrected chi connectivity index (χ2v) is 29.2. The summed E-state index contributed by atoms with van der Waals surface area (Å²) < 4.78 is 49.4. The van der Waals surface area contributed by atoms with Crippen LogP contribution in [-0.2, 0) is 13.7 Å². The van der Waals surface area contributed by atoms with Crippen LogP contribution in [0.1, 0.15) is 15.9 Å². The summed E-state index contributed by atoms with van der Waals surface area (Å²) in [6, 6.07) is 88.1. The third-order valence-electron chi connectivity index (χ3n) is 13.2. The first-order valence-electron chi connectivity index (χ1n) is 23.1. The molecule has 0 unspecified atom stereocenters. The van der Waals surface area contributed by atoms with Crippen molar-refractivity contribution in [1.29, 1.82) is 0 Å². The van der Waals surface area contributed by atoms with E-state index in [-0.39, 0.29) is 11.3 Å². The predicted octanol–water partition coefficient (Wildman–Crippen LogP) is 9.76. The molecule has 0 radical (unpaired) electrons. The van der Waals surface area contributed by atoms with Gasteiger partial charge in [-0.1, -0.05) is 218 Å². The third-order valence-corrected chi connectivity index (χ3v) is 26.3. The maximum atomic E-state index is 16.5. The minimum Gasteiger partial charge on any atom is -0.309 e. The Kier molecular flexibility index (Phi) is 13.2. The number of benzene rings is 10. The average Bonchev–Trinajstić information content (AvgIpc) is 3.45. The third kappa shape index (κ3) is 8.47. The highest BCUT2D eigenvalue weighted by Crippen LogP contribution is 2.53. The maximum Gasteiger partial charge on any atom is 0.193 e. The molecule has 0 aliphatic carbocycles. The van der Waals surface area contributed by atoms with Crippen molar-refractivity contribution in [3.8, 4) is 0 Å². The lowest BCUT2D eigenvalue weighted by atomic mass is 10.0. The molecular weight excluding hydrogens is 933 g/mol. The average molecular weight is 982 g/mol. The van der Waals surface area contributed by atoms with E-state index < -0.39 is 28.7 Å². The quantitative estimate of drug-likeness (QED) is 0.0805. The molecule has 0 heterocycles. The highest BCUT2D eigenvalue weighted by atomic mass is 31.2. The molecule has 10 aromatic rings. The van der Waals surface area contributed by atoms with Crippen LogP contribution in [0.4, 0.5) is 0 Å². The van der Waals surface area contributed by atoms with Gasteiger partial charge in [0.05, 0.1) is 6.66 Å². The van der Waals surface area contributed by atoms with Crippen molar-refractivity contribution in [2.75, 3.05) is 6.66 Å². The van der Waals surface area contributed by atoms with Crippen molar-refractivity contribution in [1.82, 2.24) is 0 Å². The van der Waals surface area contributed by atoms with Gasteiger partial charge in [-0.3, -0.25) is 4.79 Å². The SMILES string of the molecule is C[P+](c1ccccc1)(c1ccccc1)c1cc(C(=O)c2cc(P(=O)(c3ccccc3)c3ccccc3)cc(P(=O)(c3ccccc3)c3ccccc3)c2)cc(P(=O)(c2ccccc2)c2ccccc2)c1. The van der Waals surface area contributed by atoms with Gasteiger partial charge >= 0.3 is 0 Å². The van der Waals surface area contributed by atoms with Crippen LogP contribution >= 0.6 is 28.7 Å². The van der Waals surface area contributed by atoms with Crippen LogP contribution in [0.25, 0.3) is 0 Å². The molecule has 0 fully saturated rings. The number of ketones is 1. The first-order chi connectivity index (χ1) is 34.1. The summed E-state index contributed by atoms with van der Waals surface area (Å²) in [5.74, 6) is -0.383. The monoisotopic (exact) mass is 981 g/mol. The summed E-state index contributed by atoms with van der Waals surface area (Å²) in [6.07, 6.45) is 0. The molecule has 0 aliphatic heterocycles. The lowest BCUT2D eigenvalue weighted by molar-refractivity contribution is 0.103. The summed E-state index contributed by atoms with van der Waals surface area (Å²) in [4.78, 5) is 16.2. The number of rotatable bonds is 14. The van der Waals surface area contributed by atoms with E-state index in [1.165, 1.54) is 0 Å². The smallest absolute Gasteiger partial charge is 0.193 e. The van der Waals surface area contributed by atoms with Crippen molar-refractivity contribution in [3.05, 3.63) is 290 Å². The fourth-order valence-electron chi connectivity index (χ4n) is 9.49. The second-order valence-electron chi connectivity index (χ2n) is 17.3. The number of hydrogen-bond donors (Lipinski definition) is 0. The molecule has 10 aromatic carbocycles. The molecule has 0 aromatic heterocycles. The molecule has 10 rings (SSSR count). The van der Waals surface area contributed by atoms with Crippen molar-refractivity contribution < 1.29 is 18.5 Å². The van der Waals surface area contributed by atoms with Crippen molar-refractivity contribution in [3.63, 3.8) is 0 Å². The van der Waals surface area contributed by atoms with Gasteiger partial charge in [0.1, 0.15) is 23.2 Å². The zero-order valence-corrected chi connectivity index (χ0v) is 42.1. The fourth-order valence-corrected chi connectivity index (χ4v) is 21.1. The van der Waals surface area contributed by atoms with Gasteiger partial charge in [0, 0.05) is 58.9 Å². The van der Waals surface area contributed by atoms with Crippen LogP contribution in [0.3, 0.4) is 0 Å². The largest absolute Gasteiger partial charge is 0.309 e. The Morgan fingerprint density at radius 3 is 0.771 bits per heavy atom. The lowest BCUT2D eigenvalue weighted by Crippen LogP contribution is -2.34. The first kappa shape index (κ1) is 46.7. The van der Waals surface area contributed by atoms with Crippen LogP contribution in [0.5, 0.6) is 0 Å². The van der Waals surface area contributed by atoms with Gasteiger partial charge in [0.25, 0.3) is 0 Å². The van der Waals surface area contributed by atoms with Crippen LogP contribution < -0.4 is 63.7 Å². The summed E-state index contributed by atoms with van der Waals surface area (Å²) in [7, 11) is -13.7. The van der Waals surface area contributed by atoms with Gasteiger partial charge in [-0.15, -0.1) is 0 Å². The molecule has 0 saturated carbocycles. The summed E-state index contributed by atoms with van der Waals surface area (Å²) in [6.45, 7) is 2.26. The standard InChI is InChI=1S/C62H49O4P4/c1-67(50-26-10-2-11-27-50,51-28-12-3-13-29-51)58-42-48(43-59(46-58)68(64,52-30-14-4-15-31-52)53-32-16-5-17-33-53)62(63)49-44-60(69(65,54-34-18-6-19-35-54)55-36-20-7-21-37-55)47-61(45-49)70(66,56-38-22-8-23-39-56)57-40-24-9-25-41-57/h2-47H,1H3/q+1. The predicted molar refractivity (Wildman–Crippen MR) is 299 cm³/mol. The Morgan fingerprint density at radius 2 is 0.500 bits per heavy atom. The fraction of sp³-hybridized carbons (Fsp3) is 0.0161. The number of carbonyl (C=O) groups is 1. The molecule has 340 valence electrons. The highest BCUT2D eigenvalue weighted by Gasteiger charge is 2.43. The van der Waals surface area contributed by atoms with Crippen LogP contribution in [0.2, 0.25) is 0 Å². The molecule has 0 bridgehead atoms. The minimum atomic E-state index is -3.76. The van der Waals surface area contributed by atoms with Crippen molar-refractivity contribution >= 4 is 98.1 Å². The van der Waals surface area contributed by atoms with Crippen LogP contribution in [0, 0.1) is 0 Å². The molecule has 0 aliphatic rings. The van der Waals surface area contributed by atoms with E-state index in [0.29, 0.717) is 53.3 Å². The Labute approximate surface area is 411 Å². The van der Waals surface area contributed by atoms with E-state index in [0.717, 1.165) is 15.9 Å². The number of hydrogen-bond acceptors (Lipinski definition) is 4. The van der Waals surface area contributed by atoms with Gasteiger partial charge in [-0.05, 0) is 60.7 Å². The molecule has 0 amide bonds. The zero-order valence-electron chi connectivity index (χ0n) is 38.5. The minimum absolute atomic E-state index is 0.212. The topological polar surface area (TPSA) is 68.3 Å². The van der Waals surface area contributed by atoms with Crippen molar-refractivity contribution in [2.45, 2.75) is 0 Å². The Morgan fingerprint density at radius 1 is 0.271 bits per heavy atom. The molecular formula is C62H49O4P4+. The van der Waals surface area contributed by atoms with E-state index >= 15 is 18.5 Å². The molecule has 0 atom stereocenters. The maximum absolute atomic E-state index is 16.5. The Balaban J connectivity index is 1.30. The molecule has 8 heteroatoms. The van der Waals surface area contributed by atoms with Gasteiger partial charge < -0.3 is 13.7 Å². The highest BCUT2D eigenvalue weighted by molar-refractivity contribution is 7.95. The van der Waals surface area contributed by atoms with E-state index in [1.807, 2.05) is 224 Å². The second kappa shape index (κ2) is 19.8. The molecule has 70 heavy (non-hydrogen) atoms. The van der Waals surface area contributed by atoms with Crippen molar-refractivity contribution in [2.24, 2.45) is 0 Å². The van der Waals surface area contributed by atoms with E-state index in [4.69, 9.17) is 0 Å². The van der Waals surface area contributed by atoms with Gasteiger partial charge in [-0.2, -0.15) is 0 Å². The summed E-state index contributed by atoms with van der Waals surface area (Å²) in [5.41, 5.74) is 0.521. The van der Waals surface area contributed by atoms with Crippen LogP contribution in [-0.4, -0.2) is 12.4 Å². The molecule has 0 spiro atoms. The van der Waals surface area contributed by atoms with Gasteiger partial charge in [0.15, 0.2) is 27.2 Å². The molecule has 4 nitrogen and oxygen atoms in total. The normalized spacial score (nSPS) is 12.0. The first-order valence-corrected chi connectivity index (χ1v) is 30.5. The van der Waals surface area contributed by atoms with E-state index in [9.17, 15) is 0 Å². The lowest BCUT2D eigenvalue weighted by Gasteiger charge is -2.27. The Hall–Kier alpha value is -7.01. The molecule has 0 N–H and O–H groups in total. The summed E-state index contributed by atoms with van der Waals surface area (Å²) >= 11 is 0. The van der Waals surface area contributed by atoms with Gasteiger partial charge in [-0.25, -0.2) is 0 Å². The van der Waals surface area contributed by atoms with Crippen LogP contribution in [0.15, 0.2) is 279 Å². The van der Waals surface area contributed by atoms with E-state index in [1.54, 1.807) is 24.3 Å². The Bertz CT molecular complexity index is 3290. The number of carbonyl (C=O) groups excluding carboxylic acids is 1. The zero-order chi connectivity index (χ0) is 48.2. The molecule has 0 saturated heterocycles. The summed E-state index contributed by atoms with van der Waals surface area (Å²) in [5, 5.41) is 7.90. The van der Waals surface area contributed by atoms with E-state index in [2.05, 4.69) is 37.0 Å².